The molecule has 1 aromatic rings. The fourth-order valence-corrected chi connectivity index (χ4v) is 2.54. The molecule has 0 aromatic carbocycles. The summed E-state index contributed by atoms with van der Waals surface area (Å²) in [6.45, 7) is 5.22. The maximum absolute atomic E-state index is 12.0. The van der Waals surface area contributed by atoms with Crippen LogP contribution in [0.2, 0.25) is 0 Å². The first-order valence-electron chi connectivity index (χ1n) is 7.08. The molecule has 1 aromatic heterocycles. The summed E-state index contributed by atoms with van der Waals surface area (Å²) < 4.78 is 6.76. The van der Waals surface area contributed by atoms with Crippen molar-refractivity contribution >= 4 is 11.9 Å². The molecule has 0 N–H and O–H groups in total. The summed E-state index contributed by atoms with van der Waals surface area (Å²) in [5.41, 5.74) is 2.20. The highest BCUT2D eigenvalue weighted by molar-refractivity contribution is 5.89. The molecule has 1 aliphatic heterocycles. The van der Waals surface area contributed by atoms with Crippen LogP contribution >= 0.6 is 0 Å². The fourth-order valence-electron chi connectivity index (χ4n) is 2.54. The van der Waals surface area contributed by atoms with E-state index in [9.17, 15) is 9.59 Å². The molecule has 0 atom stereocenters. The summed E-state index contributed by atoms with van der Waals surface area (Å²) in [6, 6.07) is 0. The Balaban J connectivity index is 2.25. The van der Waals surface area contributed by atoms with Crippen LogP contribution in [0.4, 0.5) is 0 Å². The van der Waals surface area contributed by atoms with Gasteiger partial charge in [0, 0.05) is 44.2 Å². The molecule has 2 heterocycles. The van der Waals surface area contributed by atoms with Crippen molar-refractivity contribution < 1.29 is 14.3 Å². The monoisotopic (exact) mass is 279 g/mol. The standard InChI is InChI=1S/C14H21N3O3/c1-4-6-12(18)17-8-7-11-10(9-17)13(15-16(11)3)14(19)20-5-2/h4-9H2,1-3H3. The third-order valence-electron chi connectivity index (χ3n) is 3.53. The van der Waals surface area contributed by atoms with Crippen LogP contribution < -0.4 is 0 Å². The summed E-state index contributed by atoms with van der Waals surface area (Å²) in [5, 5.41) is 4.25. The number of ether oxygens (including phenoxy) is 1. The van der Waals surface area contributed by atoms with Crippen LogP contribution in [0.15, 0.2) is 0 Å². The van der Waals surface area contributed by atoms with Crippen LogP contribution in [-0.4, -0.2) is 39.7 Å². The van der Waals surface area contributed by atoms with Crippen molar-refractivity contribution in [3.63, 3.8) is 0 Å². The van der Waals surface area contributed by atoms with Gasteiger partial charge in [0.1, 0.15) is 0 Å². The summed E-state index contributed by atoms with van der Waals surface area (Å²) in [5.74, 6) is -0.272. The van der Waals surface area contributed by atoms with Gasteiger partial charge < -0.3 is 9.64 Å². The van der Waals surface area contributed by atoms with E-state index in [2.05, 4.69) is 5.10 Å². The Hall–Kier alpha value is -1.85. The van der Waals surface area contributed by atoms with E-state index in [1.807, 2.05) is 14.0 Å². The Kier molecular flexibility index (Phi) is 4.42. The van der Waals surface area contributed by atoms with Crippen molar-refractivity contribution in [1.82, 2.24) is 14.7 Å². The van der Waals surface area contributed by atoms with Crippen molar-refractivity contribution in [2.45, 2.75) is 39.7 Å². The number of aromatic nitrogens is 2. The second kappa shape index (κ2) is 6.07. The Morgan fingerprint density at radius 2 is 2.10 bits per heavy atom. The van der Waals surface area contributed by atoms with Crippen LogP contribution in [0.25, 0.3) is 0 Å². The Labute approximate surface area is 118 Å². The summed E-state index contributed by atoms with van der Waals surface area (Å²) in [6.07, 6.45) is 2.11. The molecular formula is C14H21N3O3. The minimum atomic E-state index is -0.408. The number of carbonyl (C=O) groups excluding carboxylic acids is 2. The molecule has 2 rings (SSSR count). The molecule has 1 amide bonds. The first kappa shape index (κ1) is 14.6. The Bertz CT molecular complexity index is 522. The minimum Gasteiger partial charge on any atom is -0.461 e. The number of nitrogens with zero attached hydrogens (tertiary/aromatic N) is 3. The average molecular weight is 279 g/mol. The van der Waals surface area contributed by atoms with Gasteiger partial charge in [0.05, 0.1) is 6.61 Å². The average Bonchev–Trinajstić information content (AvgIpc) is 2.76. The maximum atomic E-state index is 12.0. The predicted molar refractivity (Wildman–Crippen MR) is 73.2 cm³/mol. The van der Waals surface area contributed by atoms with Gasteiger partial charge in [-0.05, 0) is 13.3 Å². The van der Waals surface area contributed by atoms with Crippen LogP contribution in [0.3, 0.4) is 0 Å². The van der Waals surface area contributed by atoms with Gasteiger partial charge in [-0.15, -0.1) is 0 Å². The highest BCUT2D eigenvalue weighted by atomic mass is 16.5. The van der Waals surface area contributed by atoms with Crippen molar-refractivity contribution in [1.29, 1.82) is 0 Å². The van der Waals surface area contributed by atoms with E-state index >= 15 is 0 Å². The molecule has 0 bridgehead atoms. The van der Waals surface area contributed by atoms with Gasteiger partial charge in [-0.3, -0.25) is 9.48 Å². The maximum Gasteiger partial charge on any atom is 0.359 e. The largest absolute Gasteiger partial charge is 0.461 e. The van der Waals surface area contributed by atoms with Crippen LogP contribution in [0, 0.1) is 0 Å². The highest BCUT2D eigenvalue weighted by Gasteiger charge is 2.29. The summed E-state index contributed by atoms with van der Waals surface area (Å²) >= 11 is 0. The van der Waals surface area contributed by atoms with Gasteiger partial charge in [0.2, 0.25) is 5.91 Å². The van der Waals surface area contributed by atoms with Gasteiger partial charge in [-0.25, -0.2) is 4.79 Å². The van der Waals surface area contributed by atoms with Crippen LogP contribution in [-0.2, 0) is 29.5 Å². The molecular weight excluding hydrogens is 258 g/mol. The molecule has 0 spiro atoms. The molecule has 20 heavy (non-hydrogen) atoms. The topological polar surface area (TPSA) is 64.4 Å². The number of hydrogen-bond donors (Lipinski definition) is 0. The smallest absolute Gasteiger partial charge is 0.359 e. The fraction of sp³-hybridized carbons (Fsp3) is 0.643. The lowest BCUT2D eigenvalue weighted by molar-refractivity contribution is -0.132. The van der Waals surface area contributed by atoms with Gasteiger partial charge in [0.15, 0.2) is 5.69 Å². The number of fused-ring (bicyclic) bond motifs is 1. The molecule has 6 nitrogen and oxygen atoms in total. The number of amides is 1. The summed E-state index contributed by atoms with van der Waals surface area (Å²) in [7, 11) is 1.82. The first-order valence-corrected chi connectivity index (χ1v) is 7.08. The van der Waals surface area contributed by atoms with Crippen molar-refractivity contribution in [3.8, 4) is 0 Å². The Morgan fingerprint density at radius 1 is 1.35 bits per heavy atom. The second-order valence-corrected chi connectivity index (χ2v) is 4.93. The number of rotatable bonds is 4. The van der Waals surface area contributed by atoms with Gasteiger partial charge in [0.25, 0.3) is 0 Å². The van der Waals surface area contributed by atoms with Gasteiger partial charge in [-0.2, -0.15) is 5.10 Å². The number of aryl methyl sites for hydroxylation is 1. The van der Waals surface area contributed by atoms with Crippen LogP contribution in [0.5, 0.6) is 0 Å². The molecule has 0 aliphatic carbocycles. The van der Waals surface area contributed by atoms with E-state index < -0.39 is 5.97 Å². The lowest BCUT2D eigenvalue weighted by Gasteiger charge is -2.27. The molecule has 6 heteroatoms. The first-order chi connectivity index (χ1) is 9.58. The SMILES string of the molecule is CCCC(=O)N1CCc2c(c(C(=O)OCC)nn2C)C1. The number of esters is 1. The third-order valence-corrected chi connectivity index (χ3v) is 3.53. The zero-order valence-electron chi connectivity index (χ0n) is 12.3. The van der Waals surface area contributed by atoms with E-state index in [0.717, 1.165) is 24.1 Å². The normalized spacial score (nSPS) is 14.1. The van der Waals surface area contributed by atoms with E-state index in [-0.39, 0.29) is 5.91 Å². The molecule has 0 radical (unpaired) electrons. The van der Waals surface area contributed by atoms with E-state index in [1.165, 1.54) is 0 Å². The zero-order chi connectivity index (χ0) is 14.7. The molecule has 0 unspecified atom stereocenters. The predicted octanol–water partition coefficient (Wildman–Crippen LogP) is 1.28. The lowest BCUT2D eigenvalue weighted by Crippen LogP contribution is -2.36. The highest BCUT2D eigenvalue weighted by Crippen LogP contribution is 2.23. The van der Waals surface area contributed by atoms with Gasteiger partial charge in [-0.1, -0.05) is 6.92 Å². The third kappa shape index (κ3) is 2.69. The second-order valence-electron chi connectivity index (χ2n) is 4.93. The molecule has 110 valence electrons. The molecule has 1 aliphatic rings. The van der Waals surface area contributed by atoms with Crippen LogP contribution in [0.1, 0.15) is 48.4 Å². The molecule has 0 fully saturated rings. The van der Waals surface area contributed by atoms with Gasteiger partial charge >= 0.3 is 5.97 Å². The summed E-state index contributed by atoms with van der Waals surface area (Å²) in [4.78, 5) is 25.7. The minimum absolute atomic E-state index is 0.136. The molecule has 0 saturated heterocycles. The van der Waals surface area contributed by atoms with Crippen molar-refractivity contribution in [2.24, 2.45) is 7.05 Å². The Morgan fingerprint density at radius 3 is 2.75 bits per heavy atom. The number of carbonyl (C=O) groups is 2. The quantitative estimate of drug-likeness (QED) is 0.779. The van der Waals surface area contributed by atoms with E-state index in [1.54, 1.807) is 16.5 Å². The van der Waals surface area contributed by atoms with Crippen molar-refractivity contribution in [2.75, 3.05) is 13.2 Å². The zero-order valence-corrected chi connectivity index (χ0v) is 12.3. The molecule has 0 saturated carbocycles. The van der Waals surface area contributed by atoms with Crippen molar-refractivity contribution in [3.05, 3.63) is 17.0 Å². The lowest BCUT2D eigenvalue weighted by atomic mass is 10.0. The van der Waals surface area contributed by atoms with E-state index in [4.69, 9.17) is 4.74 Å². The number of hydrogen-bond acceptors (Lipinski definition) is 4. The van der Waals surface area contributed by atoms with E-state index in [0.29, 0.717) is 31.8 Å².